The molecule has 1 heterocycles. The van der Waals surface area contributed by atoms with Gasteiger partial charge in [0.2, 0.25) is 0 Å². The van der Waals surface area contributed by atoms with E-state index in [-0.39, 0.29) is 4.90 Å². The number of hydrogen-bond acceptors (Lipinski definition) is 3. The summed E-state index contributed by atoms with van der Waals surface area (Å²) in [7, 11) is -3.52. The summed E-state index contributed by atoms with van der Waals surface area (Å²) < 4.78 is 24.4. The second kappa shape index (κ2) is 3.26. The monoisotopic (exact) mass is 207 g/mol. The molecule has 71 valence electrons. The third-order valence-electron chi connectivity index (χ3n) is 1.72. The summed E-state index contributed by atoms with van der Waals surface area (Å²) in [6, 6.07) is 9.59. The van der Waals surface area contributed by atoms with Crippen LogP contribution >= 0.6 is 0 Å². The Morgan fingerprint density at radius 3 is 2.50 bits per heavy atom. The van der Waals surface area contributed by atoms with Gasteiger partial charge in [0.1, 0.15) is 6.20 Å². The molecule has 1 radical (unpaired) electrons. The van der Waals surface area contributed by atoms with Crippen LogP contribution in [0.5, 0.6) is 0 Å². The summed E-state index contributed by atoms with van der Waals surface area (Å²) in [5, 5.41) is 3.57. The van der Waals surface area contributed by atoms with E-state index in [0.29, 0.717) is 0 Å². The minimum Gasteiger partial charge on any atom is -0.199 e. The molecular formula is C9H7N2O2S. The topological polar surface area (TPSA) is 52.0 Å². The zero-order chi connectivity index (χ0) is 10.0. The quantitative estimate of drug-likeness (QED) is 0.735. The lowest BCUT2D eigenvalue weighted by Crippen LogP contribution is -2.13. The van der Waals surface area contributed by atoms with E-state index in [9.17, 15) is 8.42 Å². The second-order valence-corrected chi connectivity index (χ2v) is 4.43. The largest absolute Gasteiger partial charge is 0.282 e. The van der Waals surface area contributed by atoms with E-state index in [4.69, 9.17) is 0 Å². The van der Waals surface area contributed by atoms with Crippen molar-refractivity contribution in [3.8, 4) is 0 Å². The normalized spacial score (nSPS) is 11.4. The fourth-order valence-electron chi connectivity index (χ4n) is 1.05. The summed E-state index contributed by atoms with van der Waals surface area (Å²) in [4.78, 5) is 0.220. The molecule has 0 fully saturated rings. The number of nitrogens with zero attached hydrogens (tertiary/aromatic N) is 2. The zero-order valence-corrected chi connectivity index (χ0v) is 7.98. The third-order valence-corrected chi connectivity index (χ3v) is 3.28. The van der Waals surface area contributed by atoms with Crippen LogP contribution in [0.15, 0.2) is 47.5 Å². The van der Waals surface area contributed by atoms with Crippen LogP contribution in [0.1, 0.15) is 0 Å². The van der Waals surface area contributed by atoms with E-state index in [2.05, 4.69) is 11.3 Å². The molecule has 4 nitrogen and oxygen atoms in total. The van der Waals surface area contributed by atoms with Crippen molar-refractivity contribution in [1.82, 2.24) is 9.19 Å². The van der Waals surface area contributed by atoms with Crippen LogP contribution in [0.3, 0.4) is 0 Å². The molecule has 0 aliphatic carbocycles. The molecule has 0 aliphatic rings. The SMILES string of the molecule is O=S(=O)(c1ccccc1)n1cc[c]n1. The fourth-order valence-corrected chi connectivity index (χ4v) is 2.15. The molecule has 1 aromatic carbocycles. The first-order valence-corrected chi connectivity index (χ1v) is 5.37. The molecule has 2 aromatic rings. The number of rotatable bonds is 2. The summed E-state index contributed by atoms with van der Waals surface area (Å²) in [6.45, 7) is 0. The van der Waals surface area contributed by atoms with E-state index in [1.165, 1.54) is 24.4 Å². The van der Waals surface area contributed by atoms with Gasteiger partial charge in [-0.1, -0.05) is 18.2 Å². The predicted octanol–water partition coefficient (Wildman–Crippen LogP) is 0.920. The molecule has 0 saturated carbocycles. The Bertz CT molecular complexity index is 503. The Morgan fingerprint density at radius 1 is 1.21 bits per heavy atom. The third kappa shape index (κ3) is 1.42. The lowest BCUT2D eigenvalue weighted by atomic mass is 10.4. The molecule has 0 bridgehead atoms. The average molecular weight is 207 g/mol. The van der Waals surface area contributed by atoms with Crippen LogP contribution in [-0.2, 0) is 10.0 Å². The summed E-state index contributed by atoms with van der Waals surface area (Å²) in [5.41, 5.74) is 0. The lowest BCUT2D eigenvalue weighted by molar-refractivity contribution is 0.580. The van der Waals surface area contributed by atoms with Crippen molar-refractivity contribution < 1.29 is 8.42 Å². The highest BCUT2D eigenvalue weighted by atomic mass is 32.2. The van der Waals surface area contributed by atoms with E-state index < -0.39 is 10.0 Å². The van der Waals surface area contributed by atoms with Crippen LogP contribution in [0, 0.1) is 6.20 Å². The van der Waals surface area contributed by atoms with Crippen LogP contribution in [0.4, 0.5) is 0 Å². The molecule has 0 spiro atoms. The van der Waals surface area contributed by atoms with Gasteiger partial charge in [-0.15, -0.1) is 0 Å². The van der Waals surface area contributed by atoms with Gasteiger partial charge in [-0.2, -0.15) is 17.6 Å². The van der Waals surface area contributed by atoms with Crippen molar-refractivity contribution in [2.45, 2.75) is 4.90 Å². The minimum absolute atomic E-state index is 0.220. The van der Waals surface area contributed by atoms with Gasteiger partial charge in [-0.05, 0) is 18.2 Å². The van der Waals surface area contributed by atoms with Crippen LogP contribution in [-0.4, -0.2) is 17.6 Å². The van der Waals surface area contributed by atoms with Gasteiger partial charge in [0.15, 0.2) is 0 Å². The Labute approximate surface area is 81.9 Å². The van der Waals surface area contributed by atoms with E-state index in [0.717, 1.165) is 4.09 Å². The predicted molar refractivity (Wildman–Crippen MR) is 50.1 cm³/mol. The molecule has 0 N–H and O–H groups in total. The second-order valence-electron chi connectivity index (χ2n) is 2.64. The van der Waals surface area contributed by atoms with Gasteiger partial charge in [0, 0.05) is 6.20 Å². The molecule has 0 aliphatic heterocycles. The van der Waals surface area contributed by atoms with Crippen molar-refractivity contribution in [1.29, 1.82) is 0 Å². The molecular weight excluding hydrogens is 200 g/mol. The average Bonchev–Trinajstić information content (AvgIpc) is 2.72. The Kier molecular flexibility index (Phi) is 2.09. The van der Waals surface area contributed by atoms with Gasteiger partial charge in [0.05, 0.1) is 4.90 Å². The maximum atomic E-state index is 11.8. The van der Waals surface area contributed by atoms with Gasteiger partial charge in [-0.3, -0.25) is 0 Å². The van der Waals surface area contributed by atoms with Crippen molar-refractivity contribution in [2.24, 2.45) is 0 Å². The van der Waals surface area contributed by atoms with Crippen LogP contribution in [0.25, 0.3) is 0 Å². The van der Waals surface area contributed by atoms with Crippen LogP contribution < -0.4 is 0 Å². The molecule has 0 amide bonds. The van der Waals surface area contributed by atoms with Gasteiger partial charge < -0.3 is 0 Å². The number of aromatic nitrogens is 2. The molecule has 5 heteroatoms. The highest BCUT2D eigenvalue weighted by molar-refractivity contribution is 7.89. The standard InChI is InChI=1S/C9H7N2O2S/c12-14(13,11-8-4-7-10-11)9-5-2-1-3-6-9/h1-6,8H. The van der Waals surface area contributed by atoms with Gasteiger partial charge >= 0.3 is 0 Å². The van der Waals surface area contributed by atoms with Crippen molar-refractivity contribution in [3.05, 3.63) is 48.8 Å². The minimum atomic E-state index is -3.52. The van der Waals surface area contributed by atoms with Crippen LogP contribution in [0.2, 0.25) is 0 Å². The molecule has 0 saturated heterocycles. The fraction of sp³-hybridized carbons (Fsp3) is 0. The smallest absolute Gasteiger partial charge is 0.199 e. The first-order valence-electron chi connectivity index (χ1n) is 3.93. The Morgan fingerprint density at radius 2 is 1.93 bits per heavy atom. The molecule has 1 aromatic heterocycles. The number of benzene rings is 1. The lowest BCUT2D eigenvalue weighted by Gasteiger charge is -2.02. The molecule has 0 unspecified atom stereocenters. The van der Waals surface area contributed by atoms with E-state index in [1.54, 1.807) is 18.2 Å². The maximum Gasteiger partial charge on any atom is 0.282 e. The van der Waals surface area contributed by atoms with Crippen molar-refractivity contribution >= 4 is 10.0 Å². The first kappa shape index (κ1) is 8.96. The van der Waals surface area contributed by atoms with Crippen molar-refractivity contribution in [2.75, 3.05) is 0 Å². The summed E-state index contributed by atoms with van der Waals surface area (Å²) in [5.74, 6) is 0. The molecule has 14 heavy (non-hydrogen) atoms. The van der Waals surface area contributed by atoms with E-state index >= 15 is 0 Å². The number of hydrogen-bond donors (Lipinski definition) is 0. The Hall–Kier alpha value is -1.62. The summed E-state index contributed by atoms with van der Waals surface area (Å²) >= 11 is 0. The summed E-state index contributed by atoms with van der Waals surface area (Å²) in [6.07, 6.45) is 3.79. The van der Waals surface area contributed by atoms with Gasteiger partial charge in [-0.25, -0.2) is 0 Å². The zero-order valence-electron chi connectivity index (χ0n) is 7.16. The van der Waals surface area contributed by atoms with Gasteiger partial charge in [0.25, 0.3) is 10.0 Å². The maximum absolute atomic E-state index is 11.8. The highest BCUT2D eigenvalue weighted by Crippen LogP contribution is 2.10. The van der Waals surface area contributed by atoms with E-state index in [1.807, 2.05) is 0 Å². The highest BCUT2D eigenvalue weighted by Gasteiger charge is 2.15. The molecule has 0 atom stereocenters. The first-order chi connectivity index (χ1) is 6.71. The molecule has 2 rings (SSSR count). The Balaban J connectivity index is 2.55. The van der Waals surface area contributed by atoms with Crippen molar-refractivity contribution in [3.63, 3.8) is 0 Å².